The van der Waals surface area contributed by atoms with Gasteiger partial charge in [0, 0.05) is 21.4 Å². The zero-order valence-corrected chi connectivity index (χ0v) is 13.7. The third-order valence-electron chi connectivity index (χ3n) is 3.21. The van der Waals surface area contributed by atoms with Gasteiger partial charge >= 0.3 is 5.97 Å². The van der Waals surface area contributed by atoms with Crippen molar-refractivity contribution in [3.8, 4) is 21.8 Å². The van der Waals surface area contributed by atoms with E-state index in [0.29, 0.717) is 5.82 Å². The molecular weight excluding hydrogens is 331 g/mol. The van der Waals surface area contributed by atoms with Crippen LogP contribution in [0.4, 0.5) is 4.39 Å². The normalized spacial score (nSPS) is 11.1. The number of carbonyl (C=O) groups excluding carboxylic acids is 1. The molecule has 0 radical (unpaired) electrons. The Balaban J connectivity index is 2.06. The largest absolute Gasteiger partial charge is 0.466 e. The second-order valence-corrected chi connectivity index (χ2v) is 5.94. The van der Waals surface area contributed by atoms with Gasteiger partial charge in [0.15, 0.2) is 0 Å². The lowest BCUT2D eigenvalue weighted by Crippen LogP contribution is -1.93. The molecule has 0 aliphatic heterocycles. The molecule has 0 bridgehead atoms. The summed E-state index contributed by atoms with van der Waals surface area (Å²) in [7, 11) is 2.99. The molecule has 0 saturated carbocycles. The molecule has 0 spiro atoms. The van der Waals surface area contributed by atoms with E-state index in [1.165, 1.54) is 41.5 Å². The van der Waals surface area contributed by atoms with Gasteiger partial charge in [-0.3, -0.25) is 0 Å². The first kappa shape index (κ1) is 16.0. The van der Waals surface area contributed by atoms with Gasteiger partial charge in [0.25, 0.3) is 0 Å². The first-order chi connectivity index (χ1) is 11.6. The van der Waals surface area contributed by atoms with Crippen molar-refractivity contribution >= 4 is 23.4 Å². The number of aryl methyl sites for hydroxylation is 1. The van der Waals surface area contributed by atoms with E-state index < -0.39 is 5.97 Å². The Morgan fingerprint density at radius 1 is 1.33 bits per heavy atom. The minimum atomic E-state index is -0.454. The van der Waals surface area contributed by atoms with Crippen LogP contribution in [0.3, 0.4) is 0 Å². The van der Waals surface area contributed by atoms with Crippen molar-refractivity contribution in [3.63, 3.8) is 0 Å². The summed E-state index contributed by atoms with van der Waals surface area (Å²) >= 11 is 1.44. The first-order valence-corrected chi connectivity index (χ1v) is 7.78. The van der Waals surface area contributed by atoms with Gasteiger partial charge in [-0.2, -0.15) is 4.80 Å². The molecule has 24 heavy (non-hydrogen) atoms. The van der Waals surface area contributed by atoms with E-state index in [1.54, 1.807) is 25.3 Å². The third kappa shape index (κ3) is 3.38. The minimum Gasteiger partial charge on any atom is -0.466 e. The number of aromatic nitrogens is 4. The van der Waals surface area contributed by atoms with Crippen LogP contribution in [0.25, 0.3) is 27.9 Å². The average Bonchev–Trinajstić information content (AvgIpc) is 3.19. The summed E-state index contributed by atoms with van der Waals surface area (Å²) in [5.41, 5.74) is 1.61. The van der Waals surface area contributed by atoms with E-state index in [0.717, 1.165) is 20.9 Å². The lowest BCUT2D eigenvalue weighted by Gasteiger charge is -1.95. The fourth-order valence-electron chi connectivity index (χ4n) is 2.06. The number of halogens is 1. The van der Waals surface area contributed by atoms with Crippen LogP contribution in [0, 0.1) is 5.82 Å². The van der Waals surface area contributed by atoms with Gasteiger partial charge in [-0.05, 0) is 35.1 Å². The Morgan fingerprint density at radius 3 is 2.71 bits per heavy atom. The Bertz CT molecular complexity index is 899. The molecule has 2 heterocycles. The molecule has 0 saturated heterocycles. The number of esters is 1. The van der Waals surface area contributed by atoms with Gasteiger partial charge in [0.2, 0.25) is 5.82 Å². The predicted molar refractivity (Wildman–Crippen MR) is 88.6 cm³/mol. The van der Waals surface area contributed by atoms with E-state index >= 15 is 0 Å². The molecule has 3 rings (SSSR count). The number of carbonyl (C=O) groups is 1. The Kier molecular flexibility index (Phi) is 4.48. The number of tetrazole rings is 1. The Labute approximate surface area is 141 Å². The maximum absolute atomic E-state index is 13.1. The van der Waals surface area contributed by atoms with Crippen LogP contribution in [0.1, 0.15) is 4.88 Å². The molecule has 122 valence electrons. The zero-order valence-electron chi connectivity index (χ0n) is 12.9. The van der Waals surface area contributed by atoms with Crippen LogP contribution in [0.15, 0.2) is 36.4 Å². The molecule has 0 aliphatic carbocycles. The van der Waals surface area contributed by atoms with Crippen molar-refractivity contribution in [2.24, 2.45) is 7.05 Å². The number of ether oxygens (including phenoxy) is 1. The quantitative estimate of drug-likeness (QED) is 0.538. The first-order valence-electron chi connectivity index (χ1n) is 6.97. The minimum absolute atomic E-state index is 0.295. The van der Waals surface area contributed by atoms with Gasteiger partial charge in [-0.25, -0.2) is 9.18 Å². The monoisotopic (exact) mass is 344 g/mol. The standard InChI is InChI=1S/C16H13FN4O2S/c1-21-19-16(18-20-21)12-9-14(10-3-5-11(17)6-4-10)24-13(12)7-8-15(22)23-2/h3-9H,1-2H3/b8-7+. The lowest BCUT2D eigenvalue weighted by atomic mass is 10.1. The molecule has 0 N–H and O–H groups in total. The maximum Gasteiger partial charge on any atom is 0.330 e. The highest BCUT2D eigenvalue weighted by molar-refractivity contribution is 7.16. The Hall–Kier alpha value is -2.87. The highest BCUT2D eigenvalue weighted by atomic mass is 32.1. The lowest BCUT2D eigenvalue weighted by molar-refractivity contribution is -0.134. The molecule has 0 aliphatic rings. The highest BCUT2D eigenvalue weighted by Crippen LogP contribution is 2.36. The van der Waals surface area contributed by atoms with Crippen LogP contribution in [0.5, 0.6) is 0 Å². The van der Waals surface area contributed by atoms with Crippen LogP contribution in [-0.4, -0.2) is 33.3 Å². The van der Waals surface area contributed by atoms with E-state index in [2.05, 4.69) is 20.1 Å². The van der Waals surface area contributed by atoms with Crippen molar-refractivity contribution in [2.75, 3.05) is 7.11 Å². The van der Waals surface area contributed by atoms with Crippen LogP contribution in [-0.2, 0) is 16.6 Å². The van der Waals surface area contributed by atoms with E-state index in [1.807, 2.05) is 6.07 Å². The van der Waals surface area contributed by atoms with Crippen LogP contribution < -0.4 is 0 Å². The fraction of sp³-hybridized carbons (Fsp3) is 0.125. The summed E-state index contributed by atoms with van der Waals surface area (Å²) in [5, 5.41) is 12.0. The zero-order chi connectivity index (χ0) is 17.1. The van der Waals surface area contributed by atoms with Gasteiger partial charge in [-0.15, -0.1) is 21.5 Å². The summed E-state index contributed by atoms with van der Waals surface area (Å²) in [6.07, 6.45) is 2.98. The SMILES string of the molecule is COC(=O)/C=C/c1sc(-c2ccc(F)cc2)cc1-c1nnn(C)n1. The number of benzene rings is 1. The van der Waals surface area contributed by atoms with Crippen molar-refractivity contribution in [3.05, 3.63) is 47.1 Å². The van der Waals surface area contributed by atoms with Crippen molar-refractivity contribution < 1.29 is 13.9 Å². The smallest absolute Gasteiger partial charge is 0.330 e. The number of nitrogens with zero attached hydrogens (tertiary/aromatic N) is 4. The van der Waals surface area contributed by atoms with Gasteiger partial charge in [0.05, 0.1) is 14.2 Å². The van der Waals surface area contributed by atoms with Gasteiger partial charge < -0.3 is 4.74 Å². The molecule has 2 aromatic heterocycles. The number of hydrogen-bond acceptors (Lipinski definition) is 6. The number of methoxy groups -OCH3 is 1. The molecule has 3 aromatic rings. The maximum atomic E-state index is 13.1. The Morgan fingerprint density at radius 2 is 2.08 bits per heavy atom. The second-order valence-electron chi connectivity index (χ2n) is 4.85. The molecular formula is C16H13FN4O2S. The van der Waals surface area contributed by atoms with Crippen LogP contribution >= 0.6 is 11.3 Å². The molecule has 0 fully saturated rings. The van der Waals surface area contributed by atoms with Crippen molar-refractivity contribution in [1.82, 2.24) is 20.2 Å². The predicted octanol–water partition coefficient (Wildman–Crippen LogP) is 2.93. The average molecular weight is 344 g/mol. The third-order valence-corrected chi connectivity index (χ3v) is 4.36. The molecule has 8 heteroatoms. The van der Waals surface area contributed by atoms with Gasteiger partial charge in [-0.1, -0.05) is 12.1 Å². The molecule has 0 amide bonds. The summed E-state index contributed by atoms with van der Waals surface area (Å²) < 4.78 is 17.7. The number of thiophene rings is 1. The van der Waals surface area contributed by atoms with Crippen molar-refractivity contribution in [2.45, 2.75) is 0 Å². The number of hydrogen-bond donors (Lipinski definition) is 0. The molecule has 1 aromatic carbocycles. The summed E-state index contributed by atoms with van der Waals surface area (Å²) in [6.45, 7) is 0. The van der Waals surface area contributed by atoms with Gasteiger partial charge in [0.1, 0.15) is 5.82 Å². The molecule has 0 unspecified atom stereocenters. The summed E-state index contributed by atoms with van der Waals surface area (Å²) in [4.78, 5) is 14.4. The van der Waals surface area contributed by atoms with Crippen LogP contribution in [0.2, 0.25) is 0 Å². The number of rotatable bonds is 4. The summed E-state index contributed by atoms with van der Waals surface area (Å²) in [6, 6.07) is 8.09. The summed E-state index contributed by atoms with van der Waals surface area (Å²) in [5.74, 6) is -0.298. The van der Waals surface area contributed by atoms with E-state index in [9.17, 15) is 9.18 Å². The molecule has 6 nitrogen and oxygen atoms in total. The van der Waals surface area contributed by atoms with E-state index in [-0.39, 0.29) is 5.82 Å². The highest BCUT2D eigenvalue weighted by Gasteiger charge is 2.15. The van der Waals surface area contributed by atoms with E-state index in [4.69, 9.17) is 0 Å². The fourth-order valence-corrected chi connectivity index (χ4v) is 3.13. The molecule has 0 atom stereocenters. The topological polar surface area (TPSA) is 69.9 Å². The van der Waals surface area contributed by atoms with Crippen molar-refractivity contribution in [1.29, 1.82) is 0 Å². The second kappa shape index (κ2) is 6.71.